The molecule has 112 valence electrons. The highest BCUT2D eigenvalue weighted by Crippen LogP contribution is 2.44. The second kappa shape index (κ2) is 7.43. The van der Waals surface area contributed by atoms with E-state index >= 15 is 0 Å². The van der Waals surface area contributed by atoms with Crippen molar-refractivity contribution >= 4 is 37.1 Å². The van der Waals surface area contributed by atoms with Crippen LogP contribution in [0.3, 0.4) is 0 Å². The van der Waals surface area contributed by atoms with Gasteiger partial charge in [0.2, 0.25) is 0 Å². The number of rotatable bonds is 7. The van der Waals surface area contributed by atoms with Gasteiger partial charge in [0.25, 0.3) is 0 Å². The predicted molar refractivity (Wildman–Crippen MR) is 78.0 cm³/mol. The van der Waals surface area contributed by atoms with Gasteiger partial charge >= 0.3 is 7.60 Å². The molecule has 0 spiro atoms. The Labute approximate surface area is 127 Å². The van der Waals surface area contributed by atoms with Gasteiger partial charge in [-0.25, -0.2) is 0 Å². The summed E-state index contributed by atoms with van der Waals surface area (Å²) in [6.07, 6.45) is 0.261. The first kappa shape index (κ1) is 17.5. The van der Waals surface area contributed by atoms with Crippen molar-refractivity contribution < 1.29 is 23.5 Å². The van der Waals surface area contributed by atoms with E-state index in [4.69, 9.17) is 32.5 Å². The van der Waals surface area contributed by atoms with Gasteiger partial charge in [0.1, 0.15) is 5.75 Å². The minimum Gasteiger partial charge on any atom is -0.481 e. The maximum atomic E-state index is 11.7. The highest BCUT2D eigenvalue weighted by molar-refractivity contribution is 7.52. The SMILES string of the molecule is CCC(C)OP(=O)(O)COc1cc(Cl)c(C=O)c(Cl)c1. The maximum Gasteiger partial charge on any atom is 0.365 e. The Kier molecular flexibility index (Phi) is 6.49. The van der Waals surface area contributed by atoms with Crippen molar-refractivity contribution in [2.24, 2.45) is 0 Å². The number of halogens is 2. The largest absolute Gasteiger partial charge is 0.481 e. The smallest absolute Gasteiger partial charge is 0.365 e. The Morgan fingerprint density at radius 1 is 1.40 bits per heavy atom. The summed E-state index contributed by atoms with van der Waals surface area (Å²) in [6, 6.07) is 2.70. The molecule has 0 saturated carbocycles. The molecule has 0 heterocycles. The van der Waals surface area contributed by atoms with Gasteiger partial charge in [0.05, 0.1) is 21.7 Å². The molecule has 8 heteroatoms. The lowest BCUT2D eigenvalue weighted by Crippen LogP contribution is -2.09. The average molecular weight is 341 g/mol. The summed E-state index contributed by atoms with van der Waals surface area (Å²) < 4.78 is 21.9. The van der Waals surface area contributed by atoms with Crippen LogP contribution in [-0.2, 0) is 9.09 Å². The molecule has 2 atom stereocenters. The second-order valence-corrected chi connectivity index (χ2v) is 6.71. The molecule has 0 aliphatic rings. The molecule has 0 fully saturated rings. The van der Waals surface area contributed by atoms with Crippen molar-refractivity contribution in [3.05, 3.63) is 27.7 Å². The highest BCUT2D eigenvalue weighted by atomic mass is 35.5. The Hall–Kier alpha value is -0.580. The maximum absolute atomic E-state index is 11.7. The van der Waals surface area contributed by atoms with Gasteiger partial charge in [-0.3, -0.25) is 9.36 Å². The van der Waals surface area contributed by atoms with Crippen LogP contribution in [0.25, 0.3) is 0 Å². The third-order valence-electron chi connectivity index (χ3n) is 2.48. The van der Waals surface area contributed by atoms with Crippen LogP contribution in [0.1, 0.15) is 30.6 Å². The standard InChI is InChI=1S/C12H15Cl2O5P/c1-3-8(2)19-20(16,17)7-18-9-4-11(13)10(6-15)12(14)5-9/h4-6,8H,3,7H2,1-2H3,(H,16,17). The lowest BCUT2D eigenvalue weighted by atomic mass is 10.2. The molecule has 2 unspecified atom stereocenters. The quantitative estimate of drug-likeness (QED) is 0.596. The average Bonchev–Trinajstić information content (AvgIpc) is 2.35. The summed E-state index contributed by atoms with van der Waals surface area (Å²) in [5, 5.41) is 0.219. The van der Waals surface area contributed by atoms with E-state index in [0.29, 0.717) is 12.7 Å². The van der Waals surface area contributed by atoms with Crippen LogP contribution in [0, 0.1) is 0 Å². The summed E-state index contributed by atoms with van der Waals surface area (Å²) in [5.41, 5.74) is 0.142. The van der Waals surface area contributed by atoms with Crippen LogP contribution in [-0.4, -0.2) is 23.6 Å². The lowest BCUT2D eigenvalue weighted by Gasteiger charge is -2.17. The van der Waals surface area contributed by atoms with Gasteiger partial charge in [-0.05, 0) is 25.5 Å². The van der Waals surface area contributed by atoms with E-state index in [-0.39, 0.29) is 27.5 Å². The summed E-state index contributed by atoms with van der Waals surface area (Å²) in [6.45, 7) is 3.53. The van der Waals surface area contributed by atoms with E-state index in [2.05, 4.69) is 0 Å². The van der Waals surface area contributed by atoms with Crippen molar-refractivity contribution in [1.29, 1.82) is 0 Å². The Bertz CT molecular complexity index is 512. The van der Waals surface area contributed by atoms with Crippen molar-refractivity contribution in [3.63, 3.8) is 0 Å². The molecule has 0 bridgehead atoms. The fourth-order valence-electron chi connectivity index (χ4n) is 1.30. The number of hydrogen-bond donors (Lipinski definition) is 1. The van der Waals surface area contributed by atoms with Crippen molar-refractivity contribution in [2.45, 2.75) is 26.4 Å². The van der Waals surface area contributed by atoms with E-state index in [9.17, 15) is 14.3 Å². The van der Waals surface area contributed by atoms with Crippen LogP contribution < -0.4 is 4.74 Å². The van der Waals surface area contributed by atoms with E-state index in [1.54, 1.807) is 6.92 Å². The summed E-state index contributed by atoms with van der Waals surface area (Å²) in [5.74, 6) is 0.188. The molecular formula is C12H15Cl2O5P. The number of aldehydes is 1. The minimum atomic E-state index is -3.86. The summed E-state index contributed by atoms with van der Waals surface area (Å²) in [7, 11) is -3.86. The summed E-state index contributed by atoms with van der Waals surface area (Å²) >= 11 is 11.7. The van der Waals surface area contributed by atoms with Gasteiger partial charge in [-0.2, -0.15) is 0 Å². The number of benzene rings is 1. The monoisotopic (exact) mass is 340 g/mol. The highest BCUT2D eigenvalue weighted by Gasteiger charge is 2.23. The van der Waals surface area contributed by atoms with E-state index in [1.165, 1.54) is 12.1 Å². The molecule has 1 aromatic carbocycles. The molecule has 1 aromatic rings. The molecule has 1 rings (SSSR count). The molecule has 1 N–H and O–H groups in total. The zero-order valence-corrected chi connectivity index (χ0v) is 13.4. The van der Waals surface area contributed by atoms with Crippen molar-refractivity contribution in [3.8, 4) is 5.75 Å². The molecule has 5 nitrogen and oxygen atoms in total. The van der Waals surface area contributed by atoms with Crippen LogP contribution in [0.4, 0.5) is 0 Å². The molecule has 0 aliphatic heterocycles. The topological polar surface area (TPSA) is 72.8 Å². The Balaban J connectivity index is 2.75. The first-order valence-electron chi connectivity index (χ1n) is 5.86. The third-order valence-corrected chi connectivity index (χ3v) is 4.25. The zero-order chi connectivity index (χ0) is 15.3. The van der Waals surface area contributed by atoms with Gasteiger partial charge in [0, 0.05) is 0 Å². The molecule has 0 amide bonds. The Morgan fingerprint density at radius 2 is 1.95 bits per heavy atom. The number of ether oxygens (including phenoxy) is 1. The second-order valence-electron chi connectivity index (χ2n) is 4.15. The predicted octanol–water partition coefficient (Wildman–Crippen LogP) is 4.14. The van der Waals surface area contributed by atoms with Gasteiger partial charge in [0.15, 0.2) is 12.6 Å². The van der Waals surface area contributed by atoms with Crippen LogP contribution in [0.5, 0.6) is 5.75 Å². The van der Waals surface area contributed by atoms with E-state index in [0.717, 1.165) is 0 Å². The molecule has 0 aliphatic carbocycles. The van der Waals surface area contributed by atoms with Gasteiger partial charge in [-0.1, -0.05) is 30.1 Å². The Morgan fingerprint density at radius 3 is 2.40 bits per heavy atom. The molecule has 0 radical (unpaired) electrons. The van der Waals surface area contributed by atoms with Gasteiger partial charge in [-0.15, -0.1) is 0 Å². The summed E-state index contributed by atoms with van der Waals surface area (Å²) in [4.78, 5) is 20.3. The lowest BCUT2D eigenvalue weighted by molar-refractivity contribution is 0.112. The number of hydrogen-bond acceptors (Lipinski definition) is 4. The fraction of sp³-hybridized carbons (Fsp3) is 0.417. The van der Waals surface area contributed by atoms with Crippen molar-refractivity contribution in [1.82, 2.24) is 0 Å². The fourth-order valence-corrected chi connectivity index (χ4v) is 2.94. The first-order chi connectivity index (χ1) is 9.29. The van der Waals surface area contributed by atoms with Crippen LogP contribution in [0.2, 0.25) is 10.0 Å². The van der Waals surface area contributed by atoms with Crippen molar-refractivity contribution in [2.75, 3.05) is 6.35 Å². The first-order valence-corrected chi connectivity index (χ1v) is 8.38. The molecule has 0 saturated heterocycles. The zero-order valence-electron chi connectivity index (χ0n) is 11.0. The number of carbonyl (C=O) groups is 1. The molecular weight excluding hydrogens is 326 g/mol. The molecule has 20 heavy (non-hydrogen) atoms. The minimum absolute atomic E-state index is 0.109. The van der Waals surface area contributed by atoms with Gasteiger partial charge < -0.3 is 14.2 Å². The van der Waals surface area contributed by atoms with E-state index < -0.39 is 13.9 Å². The van der Waals surface area contributed by atoms with Crippen LogP contribution in [0.15, 0.2) is 12.1 Å². The third kappa shape index (κ3) is 5.08. The molecule has 0 aromatic heterocycles. The van der Waals surface area contributed by atoms with E-state index in [1.807, 2.05) is 6.92 Å². The normalized spacial score (nSPS) is 15.4. The number of carbonyl (C=O) groups excluding carboxylic acids is 1. The van der Waals surface area contributed by atoms with Crippen LogP contribution >= 0.6 is 30.8 Å².